The van der Waals surface area contributed by atoms with Crippen LogP contribution in [0.2, 0.25) is 0 Å². The summed E-state index contributed by atoms with van der Waals surface area (Å²) in [4.78, 5) is 74.4. The Morgan fingerprint density at radius 1 is 0.583 bits per heavy atom. The van der Waals surface area contributed by atoms with Crippen LogP contribution in [-0.2, 0) is 48.5 Å². The number of ether oxygens (including phenoxy) is 2. The van der Waals surface area contributed by atoms with Crippen molar-refractivity contribution in [3.8, 4) is 0 Å². The van der Waals surface area contributed by atoms with Crippen molar-refractivity contribution in [1.82, 2.24) is 69.5 Å². The first-order valence-electron chi connectivity index (χ1n) is 29.5. The number of amides is 2. The van der Waals surface area contributed by atoms with Crippen LogP contribution in [0.5, 0.6) is 0 Å². The van der Waals surface area contributed by atoms with Crippen LogP contribution in [-0.4, -0.2) is 122 Å². The third kappa shape index (κ3) is 11.1. The summed E-state index contributed by atoms with van der Waals surface area (Å²) in [5.74, 6) is 1.76. The highest BCUT2D eigenvalue weighted by Crippen LogP contribution is 2.34. The molecule has 0 spiro atoms. The summed E-state index contributed by atoms with van der Waals surface area (Å²) < 4.78 is 17.0. The molecule has 84 heavy (non-hydrogen) atoms. The molecule has 20 heteroatoms. The molecule has 2 atom stereocenters. The number of fused-ring (bicyclic) bond motifs is 6. The smallest absolute Gasteiger partial charge is 0.410 e. The average Bonchev–Trinajstić information content (AvgIpc) is 4.50. The fourth-order valence-corrected chi connectivity index (χ4v) is 13.1. The number of likely N-dealkylation sites (tertiary alicyclic amines) is 2. The number of imidazole rings is 2. The van der Waals surface area contributed by atoms with Crippen LogP contribution in [0.1, 0.15) is 113 Å². The molecule has 5 N–H and O–H groups in total. The zero-order valence-electron chi connectivity index (χ0n) is 47.7. The Hall–Kier alpha value is -8.88. The lowest BCUT2D eigenvalue weighted by Gasteiger charge is -2.33. The van der Waals surface area contributed by atoms with Gasteiger partial charge < -0.3 is 43.7 Å². The molecule has 4 aliphatic rings. The maximum absolute atomic E-state index is 13.7. The number of aryl methyl sites for hydroxylation is 2. The summed E-state index contributed by atoms with van der Waals surface area (Å²) in [5.41, 5.74) is 11.8. The number of rotatable bonds is 11. The van der Waals surface area contributed by atoms with Crippen molar-refractivity contribution in [2.24, 2.45) is 0 Å². The van der Waals surface area contributed by atoms with Crippen molar-refractivity contribution in [3.63, 3.8) is 0 Å². The van der Waals surface area contributed by atoms with Crippen LogP contribution in [0.3, 0.4) is 0 Å². The van der Waals surface area contributed by atoms with Gasteiger partial charge in [0.05, 0.1) is 34.8 Å². The molecule has 6 aromatic heterocycles. The van der Waals surface area contributed by atoms with Crippen molar-refractivity contribution in [1.29, 1.82) is 0 Å². The normalized spacial score (nSPS) is 16.8. The van der Waals surface area contributed by atoms with Crippen molar-refractivity contribution in [2.75, 3.05) is 45.8 Å². The third-order valence-corrected chi connectivity index (χ3v) is 17.7. The highest BCUT2D eigenvalue weighted by atomic mass is 16.6. The van der Waals surface area contributed by atoms with Gasteiger partial charge in [0.15, 0.2) is 23.9 Å². The second-order valence-electron chi connectivity index (χ2n) is 23.0. The van der Waals surface area contributed by atoms with E-state index in [1.165, 1.54) is 0 Å². The average molecular weight is 1130 g/mol. The van der Waals surface area contributed by atoms with E-state index in [2.05, 4.69) is 94.8 Å². The molecule has 2 fully saturated rings. The summed E-state index contributed by atoms with van der Waals surface area (Å²) in [6, 6.07) is 28.1. The number of para-hydroxylation sites is 2. The number of aromatic nitrogens is 10. The topological polar surface area (TPSA) is 233 Å². The lowest BCUT2D eigenvalue weighted by Crippen LogP contribution is -2.40. The number of pyridine rings is 2. The molecular formula is C64H70N14O6. The molecule has 2 unspecified atom stereocenters. The van der Waals surface area contributed by atoms with Gasteiger partial charge >= 0.3 is 12.2 Å². The van der Waals surface area contributed by atoms with Crippen LogP contribution in [0, 0.1) is 13.8 Å². The molecule has 0 saturated carbocycles. The Balaban J connectivity index is 0.000000157. The van der Waals surface area contributed by atoms with E-state index in [1.807, 2.05) is 85.5 Å². The second-order valence-corrected chi connectivity index (χ2v) is 23.0. The first-order valence-corrected chi connectivity index (χ1v) is 29.5. The highest BCUT2D eigenvalue weighted by molar-refractivity contribution is 5.83. The molecule has 10 heterocycles. The van der Waals surface area contributed by atoms with Gasteiger partial charge in [0.1, 0.15) is 0 Å². The van der Waals surface area contributed by atoms with Crippen molar-refractivity contribution < 1.29 is 19.1 Å². The molecule has 0 aliphatic carbocycles. The predicted molar refractivity (Wildman–Crippen MR) is 321 cm³/mol. The van der Waals surface area contributed by atoms with E-state index >= 15 is 0 Å². The molecule has 0 radical (unpaired) electrons. The number of piperidine rings is 2. The number of hydrogen-bond acceptors (Lipinski definition) is 12. The van der Waals surface area contributed by atoms with E-state index in [4.69, 9.17) is 19.4 Å². The Bertz CT molecular complexity index is 4170. The second kappa shape index (κ2) is 23.4. The van der Waals surface area contributed by atoms with Gasteiger partial charge in [-0.2, -0.15) is 10.2 Å². The van der Waals surface area contributed by atoms with E-state index in [-0.39, 0.29) is 35.1 Å². The molecule has 20 nitrogen and oxygen atoms in total. The van der Waals surface area contributed by atoms with Crippen LogP contribution < -0.4 is 16.4 Å². The minimum Gasteiger partial charge on any atom is -0.438 e. The number of carbonyl (C=O) groups excluding carboxylic acids is 2. The maximum Gasteiger partial charge on any atom is 0.410 e. The van der Waals surface area contributed by atoms with Crippen LogP contribution in [0.15, 0.2) is 119 Å². The molecule has 0 bridgehead atoms. The molecule has 4 aromatic carbocycles. The lowest BCUT2D eigenvalue weighted by atomic mass is 9.89. The first kappa shape index (κ1) is 54.4. The van der Waals surface area contributed by atoms with E-state index in [0.717, 1.165) is 146 Å². The van der Waals surface area contributed by atoms with Gasteiger partial charge in [-0.25, -0.2) is 19.6 Å². The number of H-pyrrole nitrogens is 4. The fourth-order valence-electron chi connectivity index (χ4n) is 13.1. The summed E-state index contributed by atoms with van der Waals surface area (Å²) in [5, 5.41) is 22.0. The van der Waals surface area contributed by atoms with Gasteiger partial charge in [0.25, 0.3) is 11.1 Å². The summed E-state index contributed by atoms with van der Waals surface area (Å²) in [6.45, 7) is 14.4. The molecular weight excluding hydrogens is 1060 g/mol. The summed E-state index contributed by atoms with van der Waals surface area (Å²) >= 11 is 0. The number of hydrogen-bond donors (Lipinski definition) is 5. The molecule has 10 aromatic rings. The monoisotopic (exact) mass is 1130 g/mol. The van der Waals surface area contributed by atoms with E-state index in [1.54, 1.807) is 9.80 Å². The molecule has 2 saturated heterocycles. The van der Waals surface area contributed by atoms with Crippen molar-refractivity contribution >= 4 is 55.8 Å². The summed E-state index contributed by atoms with van der Waals surface area (Å²) in [6.07, 6.45) is 9.59. The number of likely N-dealkylation sites (N-methyl/N-ethyl adjacent to an activating group) is 1. The van der Waals surface area contributed by atoms with Crippen LogP contribution >= 0.6 is 0 Å². The number of carbonyl (C=O) groups is 2. The van der Waals surface area contributed by atoms with E-state index < -0.39 is 12.2 Å². The van der Waals surface area contributed by atoms with Gasteiger partial charge in [-0.05, 0) is 127 Å². The minimum absolute atomic E-state index is 0.0459. The zero-order valence-corrected chi connectivity index (χ0v) is 47.7. The number of nitrogens with one attached hydrogen (secondary N) is 5. The van der Waals surface area contributed by atoms with Gasteiger partial charge in [-0.3, -0.25) is 24.7 Å². The maximum atomic E-state index is 13.7. The minimum atomic E-state index is -0.529. The van der Waals surface area contributed by atoms with Crippen LogP contribution in [0.25, 0.3) is 43.6 Å². The van der Waals surface area contributed by atoms with E-state index in [0.29, 0.717) is 64.7 Å². The standard InChI is InChI=1S/C33H37N7O3.C31H33N7O3/c1-3-38-12-13-40-26(20-38)19-34-31(40)29(16-22-14-21(2)30-25(15-22)18-35-37-30)43-33(42)39-10-8-23(9-11-39)27-17-24-6-4-5-7-28(24)36-32(27)41;1-19-12-20(13-23-16-34-36-28(19)23)14-27(29-33-18-24-17-32-8-11-38(24)29)41-31(40)37-9-6-21(7-10-37)25-15-22-4-2-3-5-26(22)35-30(25)39/h4-7,14-15,17-19,23,29H,3,8-13,16,20H2,1-2H3,(H,35,37)(H,36,41);2-5,12-13,15-16,18,21,27,32H,6-11,14,17H2,1H3,(H,34,36)(H,35,39). The predicted octanol–water partition coefficient (Wildman–Crippen LogP) is 9.36. The van der Waals surface area contributed by atoms with Gasteiger partial charge in [0.2, 0.25) is 0 Å². The molecule has 432 valence electrons. The first-order chi connectivity index (χ1) is 41.0. The van der Waals surface area contributed by atoms with Crippen molar-refractivity contribution in [2.45, 2.75) is 110 Å². The molecule has 2 amide bonds. The van der Waals surface area contributed by atoms with E-state index in [9.17, 15) is 19.2 Å². The molecule has 4 aliphatic heterocycles. The lowest BCUT2D eigenvalue weighted by molar-refractivity contribution is 0.0492. The SMILES string of the molecule is CCN1CCn2c(cnc2C(Cc2cc(C)c3[nH]ncc3c2)OC(=O)N2CCC(c3cc4ccccc4[nH]c3=O)CC2)C1.Cc1cc(CC(OC(=O)N2CCC(c3cc4ccccc4[nH]c3=O)CC2)c2ncc3n2CCNC3)cc2cn[nH]c12. The Morgan fingerprint density at radius 2 is 1.07 bits per heavy atom. The largest absolute Gasteiger partial charge is 0.438 e. The van der Waals surface area contributed by atoms with Gasteiger partial charge in [-0.1, -0.05) is 55.5 Å². The van der Waals surface area contributed by atoms with Gasteiger partial charge in [-0.15, -0.1) is 0 Å². The Morgan fingerprint density at radius 3 is 1.58 bits per heavy atom. The number of nitrogens with zero attached hydrogens (tertiary/aromatic N) is 9. The molecule has 14 rings (SSSR count). The highest BCUT2D eigenvalue weighted by Gasteiger charge is 2.34. The number of benzene rings is 4. The van der Waals surface area contributed by atoms with Gasteiger partial charge in [0, 0.05) is 124 Å². The fraction of sp³-hybridized carbons (Fsp3) is 0.375. The Kier molecular flexibility index (Phi) is 15.2. The zero-order chi connectivity index (χ0) is 57.4. The quantitative estimate of drug-likeness (QED) is 0.0815. The van der Waals surface area contributed by atoms with Crippen LogP contribution in [0.4, 0.5) is 9.59 Å². The van der Waals surface area contributed by atoms with Crippen molar-refractivity contribution in [3.05, 3.63) is 187 Å². The number of aromatic amines is 4. The summed E-state index contributed by atoms with van der Waals surface area (Å²) in [7, 11) is 0. The Labute approximate surface area is 484 Å². The third-order valence-electron chi connectivity index (χ3n) is 17.7.